The number of hydrogen-bond donors (Lipinski definition) is 2. The van der Waals surface area contributed by atoms with E-state index in [4.69, 9.17) is 19.9 Å². The van der Waals surface area contributed by atoms with Gasteiger partial charge in [0.05, 0.1) is 27.9 Å². The number of rotatable bonds is 7. The first kappa shape index (κ1) is 18.4. The molecule has 2 rings (SSSR count). The van der Waals surface area contributed by atoms with E-state index in [0.29, 0.717) is 29.4 Å². The Kier molecular flexibility index (Phi) is 6.45. The minimum absolute atomic E-state index is 0.249. The van der Waals surface area contributed by atoms with Crippen LogP contribution in [-0.4, -0.2) is 27.3 Å². The SMILES string of the molecule is COc1cc(F)cc(CN=C(N)NCc2ccc(OC)c(OC)c2)c1. The van der Waals surface area contributed by atoms with Crippen molar-refractivity contribution in [1.82, 2.24) is 5.32 Å². The van der Waals surface area contributed by atoms with Crippen molar-refractivity contribution in [1.29, 1.82) is 0 Å². The van der Waals surface area contributed by atoms with E-state index in [1.54, 1.807) is 20.3 Å². The number of methoxy groups -OCH3 is 3. The van der Waals surface area contributed by atoms with Gasteiger partial charge in [-0.05, 0) is 35.4 Å². The van der Waals surface area contributed by atoms with Gasteiger partial charge in [0.15, 0.2) is 17.5 Å². The van der Waals surface area contributed by atoms with Crippen LogP contribution in [0.5, 0.6) is 17.2 Å². The topological polar surface area (TPSA) is 78.1 Å². The summed E-state index contributed by atoms with van der Waals surface area (Å²) in [7, 11) is 4.65. The highest BCUT2D eigenvalue weighted by molar-refractivity contribution is 5.77. The number of halogens is 1. The number of nitrogens with one attached hydrogen (secondary N) is 1. The van der Waals surface area contributed by atoms with Gasteiger partial charge in [-0.15, -0.1) is 0 Å². The molecule has 2 aromatic carbocycles. The van der Waals surface area contributed by atoms with Crippen LogP contribution in [0.4, 0.5) is 4.39 Å². The zero-order valence-corrected chi connectivity index (χ0v) is 14.5. The third-order valence-corrected chi connectivity index (χ3v) is 3.52. The van der Waals surface area contributed by atoms with E-state index in [9.17, 15) is 4.39 Å². The summed E-state index contributed by atoms with van der Waals surface area (Å²) in [5.41, 5.74) is 7.50. The minimum Gasteiger partial charge on any atom is -0.497 e. The number of benzene rings is 2. The molecule has 0 bridgehead atoms. The van der Waals surface area contributed by atoms with Gasteiger partial charge in [0.25, 0.3) is 0 Å². The van der Waals surface area contributed by atoms with E-state index in [0.717, 1.165) is 5.56 Å². The highest BCUT2D eigenvalue weighted by Crippen LogP contribution is 2.27. The average molecular weight is 347 g/mol. The molecular formula is C18H22FN3O3. The number of nitrogens with zero attached hydrogens (tertiary/aromatic N) is 1. The molecule has 0 saturated heterocycles. The van der Waals surface area contributed by atoms with Crippen molar-refractivity contribution in [2.75, 3.05) is 21.3 Å². The number of nitrogens with two attached hydrogens (primary N) is 1. The van der Waals surface area contributed by atoms with Gasteiger partial charge in [0.1, 0.15) is 11.6 Å². The lowest BCUT2D eigenvalue weighted by Crippen LogP contribution is -2.31. The molecule has 0 saturated carbocycles. The van der Waals surface area contributed by atoms with Crippen LogP contribution >= 0.6 is 0 Å². The van der Waals surface area contributed by atoms with Crippen molar-refractivity contribution < 1.29 is 18.6 Å². The van der Waals surface area contributed by atoms with Gasteiger partial charge in [0.2, 0.25) is 0 Å². The smallest absolute Gasteiger partial charge is 0.189 e. The van der Waals surface area contributed by atoms with Gasteiger partial charge in [0, 0.05) is 12.6 Å². The standard InChI is InChI=1S/C18H22FN3O3/c1-23-15-7-13(6-14(19)9-15)11-22-18(20)21-10-12-4-5-16(24-2)17(8-12)25-3/h4-9H,10-11H2,1-3H3,(H3,20,21,22). The molecule has 0 atom stereocenters. The van der Waals surface area contributed by atoms with Crippen LogP contribution in [-0.2, 0) is 13.1 Å². The van der Waals surface area contributed by atoms with Crippen molar-refractivity contribution in [3.05, 3.63) is 53.3 Å². The fourth-order valence-corrected chi connectivity index (χ4v) is 2.25. The predicted molar refractivity (Wildman–Crippen MR) is 94.7 cm³/mol. The van der Waals surface area contributed by atoms with Gasteiger partial charge in [-0.25, -0.2) is 9.38 Å². The average Bonchev–Trinajstić information content (AvgIpc) is 2.63. The number of hydrogen-bond acceptors (Lipinski definition) is 4. The molecule has 0 spiro atoms. The summed E-state index contributed by atoms with van der Waals surface area (Å²) >= 11 is 0. The molecule has 7 heteroatoms. The Balaban J connectivity index is 1.97. The van der Waals surface area contributed by atoms with Gasteiger partial charge < -0.3 is 25.3 Å². The van der Waals surface area contributed by atoms with Gasteiger partial charge >= 0.3 is 0 Å². The molecule has 0 aliphatic carbocycles. The molecule has 0 heterocycles. The fourth-order valence-electron chi connectivity index (χ4n) is 2.25. The first-order chi connectivity index (χ1) is 12.0. The maximum atomic E-state index is 13.4. The first-order valence-electron chi connectivity index (χ1n) is 7.64. The van der Waals surface area contributed by atoms with Crippen molar-refractivity contribution in [3.63, 3.8) is 0 Å². The second-order valence-corrected chi connectivity index (χ2v) is 5.24. The normalized spacial score (nSPS) is 11.1. The summed E-state index contributed by atoms with van der Waals surface area (Å²) in [6, 6.07) is 10.0. The molecular weight excluding hydrogens is 325 g/mol. The molecule has 0 unspecified atom stereocenters. The van der Waals surface area contributed by atoms with Crippen LogP contribution in [0.3, 0.4) is 0 Å². The van der Waals surface area contributed by atoms with E-state index < -0.39 is 0 Å². The second-order valence-electron chi connectivity index (χ2n) is 5.24. The summed E-state index contributed by atoms with van der Waals surface area (Å²) in [6.07, 6.45) is 0. The van der Waals surface area contributed by atoms with Crippen molar-refractivity contribution >= 4 is 5.96 Å². The Labute approximate surface area is 146 Å². The Morgan fingerprint density at radius 1 is 1.00 bits per heavy atom. The summed E-state index contributed by atoms with van der Waals surface area (Å²) in [5.74, 6) is 1.64. The number of ether oxygens (including phenoxy) is 3. The Bertz CT molecular complexity index is 750. The molecule has 2 aromatic rings. The quantitative estimate of drug-likeness (QED) is 0.594. The van der Waals surface area contributed by atoms with Crippen LogP contribution < -0.4 is 25.3 Å². The molecule has 3 N–H and O–H groups in total. The number of guanidine groups is 1. The van der Waals surface area contributed by atoms with Crippen LogP contribution in [0.1, 0.15) is 11.1 Å². The second kappa shape index (κ2) is 8.77. The van der Waals surface area contributed by atoms with Gasteiger partial charge in [-0.1, -0.05) is 6.07 Å². The van der Waals surface area contributed by atoms with Crippen molar-refractivity contribution in [3.8, 4) is 17.2 Å². The lowest BCUT2D eigenvalue weighted by molar-refractivity contribution is 0.354. The van der Waals surface area contributed by atoms with E-state index in [1.807, 2.05) is 18.2 Å². The maximum absolute atomic E-state index is 13.4. The first-order valence-corrected chi connectivity index (χ1v) is 7.64. The summed E-state index contributed by atoms with van der Waals surface area (Å²) in [4.78, 5) is 4.21. The minimum atomic E-state index is -0.374. The predicted octanol–water partition coefficient (Wildman–Crippen LogP) is 2.46. The van der Waals surface area contributed by atoms with Crippen LogP contribution in [0, 0.1) is 5.82 Å². The third kappa shape index (κ3) is 5.27. The fraction of sp³-hybridized carbons (Fsp3) is 0.278. The van der Waals surface area contributed by atoms with Gasteiger partial charge in [-0.3, -0.25) is 0 Å². The Morgan fingerprint density at radius 3 is 2.44 bits per heavy atom. The summed E-state index contributed by atoms with van der Waals surface area (Å²) < 4.78 is 28.9. The zero-order chi connectivity index (χ0) is 18.2. The highest BCUT2D eigenvalue weighted by atomic mass is 19.1. The van der Waals surface area contributed by atoms with Crippen molar-refractivity contribution in [2.45, 2.75) is 13.1 Å². The third-order valence-electron chi connectivity index (χ3n) is 3.52. The van der Waals surface area contributed by atoms with E-state index in [-0.39, 0.29) is 18.3 Å². The van der Waals surface area contributed by atoms with Crippen LogP contribution in [0.15, 0.2) is 41.4 Å². The zero-order valence-electron chi connectivity index (χ0n) is 14.5. The molecule has 0 aliphatic heterocycles. The van der Waals surface area contributed by atoms with E-state index in [2.05, 4.69) is 10.3 Å². The van der Waals surface area contributed by atoms with Crippen molar-refractivity contribution in [2.24, 2.45) is 10.7 Å². The molecule has 0 radical (unpaired) electrons. The Morgan fingerprint density at radius 2 is 1.76 bits per heavy atom. The lowest BCUT2D eigenvalue weighted by atomic mass is 10.2. The Hall–Kier alpha value is -2.96. The molecule has 6 nitrogen and oxygen atoms in total. The summed E-state index contributed by atoms with van der Waals surface area (Å²) in [6.45, 7) is 0.723. The van der Waals surface area contributed by atoms with Crippen LogP contribution in [0.2, 0.25) is 0 Å². The lowest BCUT2D eigenvalue weighted by Gasteiger charge is -2.10. The molecule has 0 amide bonds. The van der Waals surface area contributed by atoms with Gasteiger partial charge in [-0.2, -0.15) is 0 Å². The summed E-state index contributed by atoms with van der Waals surface area (Å²) in [5, 5.41) is 3.01. The molecule has 25 heavy (non-hydrogen) atoms. The molecule has 0 aromatic heterocycles. The molecule has 0 fully saturated rings. The van der Waals surface area contributed by atoms with Crippen LogP contribution in [0.25, 0.3) is 0 Å². The van der Waals surface area contributed by atoms with E-state index in [1.165, 1.54) is 19.2 Å². The largest absolute Gasteiger partial charge is 0.497 e. The molecule has 0 aliphatic rings. The monoisotopic (exact) mass is 347 g/mol. The van der Waals surface area contributed by atoms with E-state index >= 15 is 0 Å². The maximum Gasteiger partial charge on any atom is 0.189 e. The molecule has 134 valence electrons. The number of aliphatic imine (C=N–C) groups is 1. The highest BCUT2D eigenvalue weighted by Gasteiger charge is 2.05.